The van der Waals surface area contributed by atoms with Crippen LogP contribution in [0.4, 0.5) is 5.69 Å². The zero-order chi connectivity index (χ0) is 12.8. The molecule has 1 aromatic heterocycles. The lowest BCUT2D eigenvalue weighted by Gasteiger charge is -2.09. The van der Waals surface area contributed by atoms with Crippen LogP contribution in [-0.4, -0.2) is 22.6 Å². The van der Waals surface area contributed by atoms with Crippen LogP contribution >= 0.6 is 0 Å². The molecule has 18 heavy (non-hydrogen) atoms. The maximum Gasteiger partial charge on any atom is 0.226 e. The van der Waals surface area contributed by atoms with Crippen LogP contribution in [0.15, 0.2) is 43.0 Å². The minimum atomic E-state index is -0.0480. The predicted octanol–water partition coefficient (Wildman–Crippen LogP) is 1.92. The van der Waals surface area contributed by atoms with Gasteiger partial charge < -0.3 is 14.6 Å². The summed E-state index contributed by atoms with van der Waals surface area (Å²) in [6, 6.07) is 7.34. The van der Waals surface area contributed by atoms with Gasteiger partial charge in [-0.2, -0.15) is 0 Å². The van der Waals surface area contributed by atoms with Gasteiger partial charge in [-0.3, -0.25) is 4.79 Å². The van der Waals surface area contributed by atoms with Crippen LogP contribution in [0.5, 0.6) is 5.75 Å². The Kier molecular flexibility index (Phi) is 3.96. The Labute approximate surface area is 105 Å². The lowest BCUT2D eigenvalue weighted by Crippen LogP contribution is -2.14. The fourth-order valence-electron chi connectivity index (χ4n) is 1.61. The lowest BCUT2D eigenvalue weighted by atomic mass is 10.3. The number of anilines is 1. The third kappa shape index (κ3) is 3.10. The van der Waals surface area contributed by atoms with Crippen LogP contribution < -0.4 is 10.1 Å². The van der Waals surface area contributed by atoms with E-state index in [2.05, 4.69) is 10.3 Å². The second kappa shape index (κ2) is 5.86. The summed E-state index contributed by atoms with van der Waals surface area (Å²) in [5.41, 5.74) is 0.690. The van der Waals surface area contributed by atoms with Gasteiger partial charge in [0.25, 0.3) is 0 Å². The van der Waals surface area contributed by atoms with Crippen LogP contribution in [0.25, 0.3) is 0 Å². The molecule has 0 aliphatic rings. The summed E-state index contributed by atoms with van der Waals surface area (Å²) in [6.45, 7) is 0.612. The summed E-state index contributed by atoms with van der Waals surface area (Å²) >= 11 is 0. The molecule has 0 aliphatic heterocycles. The number of benzene rings is 1. The summed E-state index contributed by atoms with van der Waals surface area (Å²) < 4.78 is 7.03. The molecule has 0 radical (unpaired) electrons. The molecule has 5 nitrogen and oxygen atoms in total. The van der Waals surface area contributed by atoms with Crippen molar-refractivity contribution in [3.63, 3.8) is 0 Å². The van der Waals surface area contributed by atoms with Crippen LogP contribution in [-0.2, 0) is 11.3 Å². The van der Waals surface area contributed by atoms with Gasteiger partial charge in [-0.1, -0.05) is 12.1 Å². The van der Waals surface area contributed by atoms with Gasteiger partial charge >= 0.3 is 0 Å². The van der Waals surface area contributed by atoms with Gasteiger partial charge in [-0.05, 0) is 12.1 Å². The molecule has 0 aliphatic carbocycles. The molecule has 2 rings (SSSR count). The van der Waals surface area contributed by atoms with Crippen molar-refractivity contribution >= 4 is 11.6 Å². The highest BCUT2D eigenvalue weighted by atomic mass is 16.5. The topological polar surface area (TPSA) is 56.1 Å². The Morgan fingerprint density at radius 3 is 3.00 bits per heavy atom. The summed E-state index contributed by atoms with van der Waals surface area (Å²) in [5.74, 6) is 0.613. The first-order valence-corrected chi connectivity index (χ1v) is 5.68. The Balaban J connectivity index is 1.90. The molecule has 0 saturated heterocycles. The number of aromatic nitrogens is 2. The highest BCUT2D eigenvalue weighted by molar-refractivity contribution is 5.92. The number of methoxy groups -OCH3 is 1. The molecule has 0 atom stereocenters. The molecule has 1 amide bonds. The molecule has 0 spiro atoms. The molecular formula is C13H15N3O2. The molecule has 1 heterocycles. The van der Waals surface area contributed by atoms with Crippen molar-refractivity contribution in [3.8, 4) is 5.75 Å². The lowest BCUT2D eigenvalue weighted by molar-refractivity contribution is -0.116. The number of aryl methyl sites for hydroxylation is 1. The summed E-state index contributed by atoms with van der Waals surface area (Å²) in [6.07, 6.45) is 5.61. The Morgan fingerprint density at radius 1 is 1.44 bits per heavy atom. The van der Waals surface area contributed by atoms with Crippen molar-refractivity contribution in [2.24, 2.45) is 0 Å². The van der Waals surface area contributed by atoms with Gasteiger partial charge in [-0.25, -0.2) is 4.98 Å². The highest BCUT2D eigenvalue weighted by Gasteiger charge is 2.06. The molecular weight excluding hydrogens is 230 g/mol. The Hall–Kier alpha value is -2.30. The van der Waals surface area contributed by atoms with Crippen molar-refractivity contribution in [1.82, 2.24) is 9.55 Å². The molecule has 0 unspecified atom stereocenters. The largest absolute Gasteiger partial charge is 0.495 e. The monoisotopic (exact) mass is 245 g/mol. The third-order valence-electron chi connectivity index (χ3n) is 2.54. The van der Waals surface area contributed by atoms with E-state index in [1.54, 1.807) is 19.6 Å². The standard InChI is InChI=1S/C13H15N3O2/c1-18-12-5-3-2-4-11(12)15-13(17)6-8-16-9-7-14-10-16/h2-5,7,9-10H,6,8H2,1H3,(H,15,17). The number of imidazole rings is 1. The van der Waals surface area contributed by atoms with Crippen molar-refractivity contribution in [2.45, 2.75) is 13.0 Å². The molecule has 94 valence electrons. The van der Waals surface area contributed by atoms with E-state index >= 15 is 0 Å². The van der Waals surface area contributed by atoms with E-state index in [1.807, 2.05) is 35.0 Å². The van der Waals surface area contributed by atoms with Crippen LogP contribution in [0.3, 0.4) is 0 Å². The number of carbonyl (C=O) groups excluding carboxylic acids is 1. The van der Waals surface area contributed by atoms with E-state index in [4.69, 9.17) is 4.74 Å². The minimum Gasteiger partial charge on any atom is -0.495 e. The van der Waals surface area contributed by atoms with E-state index in [9.17, 15) is 4.79 Å². The molecule has 2 aromatic rings. The number of para-hydroxylation sites is 2. The number of carbonyl (C=O) groups is 1. The maximum absolute atomic E-state index is 11.8. The number of rotatable bonds is 5. The number of nitrogens with one attached hydrogen (secondary N) is 1. The normalized spacial score (nSPS) is 10.1. The van der Waals surface area contributed by atoms with E-state index in [0.717, 1.165) is 0 Å². The van der Waals surface area contributed by atoms with Crippen LogP contribution in [0.2, 0.25) is 0 Å². The van der Waals surface area contributed by atoms with E-state index in [1.165, 1.54) is 0 Å². The summed E-state index contributed by atoms with van der Waals surface area (Å²) in [7, 11) is 1.58. The van der Waals surface area contributed by atoms with Gasteiger partial charge in [0.15, 0.2) is 0 Å². The van der Waals surface area contributed by atoms with Gasteiger partial charge in [0.2, 0.25) is 5.91 Å². The van der Waals surface area contributed by atoms with Gasteiger partial charge in [0.1, 0.15) is 5.75 Å². The summed E-state index contributed by atoms with van der Waals surface area (Å²) in [4.78, 5) is 15.7. The Morgan fingerprint density at radius 2 is 2.28 bits per heavy atom. The van der Waals surface area contributed by atoms with Gasteiger partial charge in [-0.15, -0.1) is 0 Å². The van der Waals surface area contributed by atoms with Gasteiger partial charge in [0, 0.05) is 25.4 Å². The van der Waals surface area contributed by atoms with Crippen molar-refractivity contribution in [1.29, 1.82) is 0 Å². The molecule has 1 aromatic carbocycles. The number of amides is 1. The molecule has 0 saturated carbocycles. The quantitative estimate of drug-likeness (QED) is 0.875. The maximum atomic E-state index is 11.8. The molecule has 1 N–H and O–H groups in total. The van der Waals surface area contributed by atoms with E-state index in [0.29, 0.717) is 24.4 Å². The molecule has 5 heteroatoms. The van der Waals surface area contributed by atoms with Crippen LogP contribution in [0, 0.1) is 0 Å². The average molecular weight is 245 g/mol. The average Bonchev–Trinajstić information content (AvgIpc) is 2.90. The van der Waals surface area contributed by atoms with E-state index in [-0.39, 0.29) is 5.91 Å². The fraction of sp³-hybridized carbons (Fsp3) is 0.231. The first-order valence-electron chi connectivity index (χ1n) is 5.68. The van der Waals surface area contributed by atoms with Crippen LogP contribution in [0.1, 0.15) is 6.42 Å². The van der Waals surface area contributed by atoms with Gasteiger partial charge in [0.05, 0.1) is 19.1 Å². The highest BCUT2D eigenvalue weighted by Crippen LogP contribution is 2.22. The SMILES string of the molecule is COc1ccccc1NC(=O)CCn1ccnc1. The number of nitrogens with zero attached hydrogens (tertiary/aromatic N) is 2. The number of ether oxygens (including phenoxy) is 1. The zero-order valence-corrected chi connectivity index (χ0v) is 10.2. The number of hydrogen-bond donors (Lipinski definition) is 1. The minimum absolute atomic E-state index is 0.0480. The first-order chi connectivity index (χ1) is 8.79. The fourth-order valence-corrected chi connectivity index (χ4v) is 1.61. The Bertz CT molecular complexity index is 509. The smallest absolute Gasteiger partial charge is 0.226 e. The number of hydrogen-bond acceptors (Lipinski definition) is 3. The van der Waals surface area contributed by atoms with Crippen molar-refractivity contribution in [2.75, 3.05) is 12.4 Å². The third-order valence-corrected chi connectivity index (χ3v) is 2.54. The van der Waals surface area contributed by atoms with E-state index < -0.39 is 0 Å². The van der Waals surface area contributed by atoms with Crippen molar-refractivity contribution < 1.29 is 9.53 Å². The second-order valence-electron chi connectivity index (χ2n) is 3.80. The van der Waals surface area contributed by atoms with Crippen molar-refractivity contribution in [3.05, 3.63) is 43.0 Å². The predicted molar refractivity (Wildman–Crippen MR) is 68.5 cm³/mol. The first kappa shape index (κ1) is 12.2. The molecule has 0 bridgehead atoms. The zero-order valence-electron chi connectivity index (χ0n) is 10.2. The molecule has 0 fully saturated rings. The summed E-state index contributed by atoms with van der Waals surface area (Å²) in [5, 5.41) is 2.83. The second-order valence-corrected chi connectivity index (χ2v) is 3.80.